The van der Waals surface area contributed by atoms with Gasteiger partial charge in [-0.1, -0.05) is 25.1 Å². The van der Waals surface area contributed by atoms with Crippen LogP contribution in [0.2, 0.25) is 0 Å². The third kappa shape index (κ3) is 5.16. The third-order valence-electron chi connectivity index (χ3n) is 3.95. The molecule has 3 aromatic rings. The van der Waals surface area contributed by atoms with Gasteiger partial charge in [-0.2, -0.15) is 4.68 Å². The summed E-state index contributed by atoms with van der Waals surface area (Å²) in [4.78, 5) is 36.4. The first-order valence-electron chi connectivity index (χ1n) is 8.85. The topological polar surface area (TPSA) is 103 Å². The summed E-state index contributed by atoms with van der Waals surface area (Å²) in [6, 6.07) is 13.9. The lowest BCUT2D eigenvalue weighted by Crippen LogP contribution is -2.34. The molecule has 0 radical (unpaired) electrons. The Balaban J connectivity index is 1.63. The molecule has 0 saturated carbocycles. The number of anilines is 1. The van der Waals surface area contributed by atoms with E-state index < -0.39 is 36.1 Å². The molecule has 1 atom stereocenters. The van der Waals surface area contributed by atoms with E-state index in [-0.39, 0.29) is 12.3 Å². The molecule has 0 aliphatic carbocycles. The van der Waals surface area contributed by atoms with Gasteiger partial charge in [0.15, 0.2) is 6.10 Å². The normalized spacial score (nSPS) is 11.7. The average Bonchev–Trinajstić information content (AvgIpc) is 3.08. The summed E-state index contributed by atoms with van der Waals surface area (Å²) in [5.74, 6) is -2.56. The quantitative estimate of drug-likeness (QED) is 0.613. The number of halogens is 1. The van der Waals surface area contributed by atoms with Gasteiger partial charge in [-0.05, 0) is 42.8 Å². The number of carbonyl (C=O) groups excluding carboxylic acids is 2. The highest BCUT2D eigenvalue weighted by Crippen LogP contribution is 2.14. The van der Waals surface area contributed by atoms with Crippen molar-refractivity contribution in [2.75, 3.05) is 5.32 Å². The summed E-state index contributed by atoms with van der Waals surface area (Å²) in [7, 11) is 0. The van der Waals surface area contributed by atoms with E-state index in [0.29, 0.717) is 11.3 Å². The van der Waals surface area contributed by atoms with Crippen LogP contribution in [0.15, 0.2) is 63.8 Å². The van der Waals surface area contributed by atoms with Gasteiger partial charge >= 0.3 is 11.7 Å². The molecule has 1 amide bonds. The van der Waals surface area contributed by atoms with Gasteiger partial charge in [0, 0.05) is 11.3 Å². The minimum Gasteiger partial charge on any atom is -0.451 e. The molecule has 9 heteroatoms. The summed E-state index contributed by atoms with van der Waals surface area (Å²) < 4.78 is 24.0. The van der Waals surface area contributed by atoms with Gasteiger partial charge in [0.1, 0.15) is 12.4 Å². The molecule has 0 fully saturated rings. The van der Waals surface area contributed by atoms with Crippen molar-refractivity contribution in [2.45, 2.75) is 26.0 Å². The summed E-state index contributed by atoms with van der Waals surface area (Å²) in [5.41, 5.74) is 0.952. The van der Waals surface area contributed by atoms with Crippen LogP contribution in [-0.2, 0) is 20.9 Å². The predicted molar refractivity (Wildman–Crippen MR) is 101 cm³/mol. The standard InChI is InChI=1S/C20H18FN3O5/c1-2-16(18(26)22-15-10-8-14(21)9-11-15)28-17(25)12-24-20(27)29-19(23-24)13-6-4-3-5-7-13/h3-11,16H,2,12H2,1H3,(H,22,26). The van der Waals surface area contributed by atoms with E-state index in [2.05, 4.69) is 10.4 Å². The minimum atomic E-state index is -1.08. The van der Waals surface area contributed by atoms with Crippen molar-refractivity contribution in [2.24, 2.45) is 0 Å². The van der Waals surface area contributed by atoms with Crippen LogP contribution >= 0.6 is 0 Å². The van der Waals surface area contributed by atoms with E-state index in [4.69, 9.17) is 9.15 Å². The lowest BCUT2D eigenvalue weighted by atomic mass is 10.2. The molecule has 0 bridgehead atoms. The van der Waals surface area contributed by atoms with E-state index in [1.54, 1.807) is 37.3 Å². The Morgan fingerprint density at radius 3 is 2.52 bits per heavy atom. The zero-order valence-corrected chi connectivity index (χ0v) is 15.5. The second-order valence-electron chi connectivity index (χ2n) is 6.08. The Hall–Kier alpha value is -3.75. The van der Waals surface area contributed by atoms with Crippen LogP contribution in [0.1, 0.15) is 13.3 Å². The SMILES string of the molecule is CCC(OC(=O)Cn1nc(-c2ccccc2)oc1=O)C(=O)Nc1ccc(F)cc1. The largest absolute Gasteiger partial charge is 0.451 e. The van der Waals surface area contributed by atoms with Crippen molar-refractivity contribution in [3.05, 3.63) is 71.0 Å². The summed E-state index contributed by atoms with van der Waals surface area (Å²) in [6.45, 7) is 1.16. The second kappa shape index (κ2) is 8.96. The molecule has 1 heterocycles. The highest BCUT2D eigenvalue weighted by molar-refractivity contribution is 5.95. The number of hydrogen-bond donors (Lipinski definition) is 1. The van der Waals surface area contributed by atoms with Crippen LogP contribution in [0, 0.1) is 5.82 Å². The molecule has 0 saturated heterocycles. The number of hydrogen-bond acceptors (Lipinski definition) is 6. The molecule has 3 rings (SSSR count). The van der Waals surface area contributed by atoms with Gasteiger partial charge in [-0.25, -0.2) is 9.18 Å². The Morgan fingerprint density at radius 1 is 1.17 bits per heavy atom. The Morgan fingerprint density at radius 2 is 1.86 bits per heavy atom. The Bertz CT molecular complexity index is 1040. The van der Waals surface area contributed by atoms with Gasteiger partial charge in [-0.3, -0.25) is 9.59 Å². The van der Waals surface area contributed by atoms with Crippen molar-refractivity contribution in [1.29, 1.82) is 0 Å². The first-order valence-corrected chi connectivity index (χ1v) is 8.85. The van der Waals surface area contributed by atoms with Crippen molar-refractivity contribution in [3.63, 3.8) is 0 Å². The van der Waals surface area contributed by atoms with Crippen LogP contribution in [0.25, 0.3) is 11.5 Å². The number of esters is 1. The third-order valence-corrected chi connectivity index (χ3v) is 3.95. The first kappa shape index (κ1) is 20.0. The van der Waals surface area contributed by atoms with E-state index in [1.165, 1.54) is 24.3 Å². The molecule has 29 heavy (non-hydrogen) atoms. The number of aromatic nitrogens is 2. The minimum absolute atomic E-state index is 0.0736. The predicted octanol–water partition coefficient (Wildman–Crippen LogP) is 2.60. The number of rotatable bonds is 7. The lowest BCUT2D eigenvalue weighted by molar-refractivity contribution is -0.155. The maximum Gasteiger partial charge on any atom is 0.437 e. The Labute approximate surface area is 164 Å². The zero-order valence-electron chi connectivity index (χ0n) is 15.5. The molecular formula is C20H18FN3O5. The van der Waals surface area contributed by atoms with Crippen molar-refractivity contribution >= 4 is 17.6 Å². The smallest absolute Gasteiger partial charge is 0.437 e. The number of amides is 1. The second-order valence-corrected chi connectivity index (χ2v) is 6.08. The Kier molecular flexibility index (Phi) is 6.18. The molecule has 0 spiro atoms. The zero-order chi connectivity index (χ0) is 20.8. The van der Waals surface area contributed by atoms with Gasteiger partial charge in [0.2, 0.25) is 5.89 Å². The highest BCUT2D eigenvalue weighted by atomic mass is 19.1. The fourth-order valence-electron chi connectivity index (χ4n) is 2.50. The van der Waals surface area contributed by atoms with Crippen molar-refractivity contribution in [3.8, 4) is 11.5 Å². The summed E-state index contributed by atoms with van der Waals surface area (Å²) in [5, 5.41) is 6.52. The van der Waals surface area contributed by atoms with Crippen molar-refractivity contribution < 1.29 is 23.1 Å². The molecule has 1 unspecified atom stereocenters. The molecule has 0 aliphatic rings. The molecule has 2 aromatic carbocycles. The fourth-order valence-corrected chi connectivity index (χ4v) is 2.50. The fraction of sp³-hybridized carbons (Fsp3) is 0.200. The van der Waals surface area contributed by atoms with Crippen LogP contribution in [0.3, 0.4) is 0 Å². The van der Waals surface area contributed by atoms with Crippen LogP contribution < -0.4 is 11.1 Å². The van der Waals surface area contributed by atoms with Gasteiger partial charge in [-0.15, -0.1) is 5.10 Å². The number of nitrogens with one attached hydrogen (secondary N) is 1. The summed E-state index contributed by atoms with van der Waals surface area (Å²) in [6.07, 6.45) is -0.870. The van der Waals surface area contributed by atoms with Gasteiger partial charge < -0.3 is 14.5 Å². The summed E-state index contributed by atoms with van der Waals surface area (Å²) >= 11 is 0. The molecule has 8 nitrogen and oxygen atoms in total. The molecule has 1 aromatic heterocycles. The molecule has 0 aliphatic heterocycles. The average molecular weight is 399 g/mol. The molecular weight excluding hydrogens is 381 g/mol. The lowest BCUT2D eigenvalue weighted by Gasteiger charge is -2.15. The monoisotopic (exact) mass is 399 g/mol. The van der Waals surface area contributed by atoms with Gasteiger partial charge in [0.25, 0.3) is 5.91 Å². The number of ether oxygens (including phenoxy) is 1. The van der Waals surface area contributed by atoms with E-state index in [0.717, 1.165) is 4.68 Å². The highest BCUT2D eigenvalue weighted by Gasteiger charge is 2.23. The molecule has 1 N–H and O–H groups in total. The number of benzene rings is 2. The van der Waals surface area contributed by atoms with Crippen molar-refractivity contribution in [1.82, 2.24) is 9.78 Å². The maximum atomic E-state index is 12.9. The van der Waals surface area contributed by atoms with Crippen LogP contribution in [0.4, 0.5) is 10.1 Å². The number of nitrogens with zero attached hydrogens (tertiary/aromatic N) is 2. The number of carbonyl (C=O) groups is 2. The van der Waals surface area contributed by atoms with Gasteiger partial charge in [0.05, 0.1) is 0 Å². The van der Waals surface area contributed by atoms with E-state index in [1.807, 2.05) is 0 Å². The maximum absolute atomic E-state index is 12.9. The van der Waals surface area contributed by atoms with E-state index >= 15 is 0 Å². The first-order chi connectivity index (χ1) is 14.0. The van der Waals surface area contributed by atoms with E-state index in [9.17, 15) is 18.8 Å². The molecule has 150 valence electrons. The van der Waals surface area contributed by atoms with Crippen LogP contribution in [0.5, 0.6) is 0 Å². The van der Waals surface area contributed by atoms with Crippen LogP contribution in [-0.4, -0.2) is 27.8 Å².